The second kappa shape index (κ2) is 8.35. The lowest BCUT2D eigenvalue weighted by molar-refractivity contribution is 0.0923. The van der Waals surface area contributed by atoms with Crippen molar-refractivity contribution in [3.8, 4) is 0 Å². The summed E-state index contributed by atoms with van der Waals surface area (Å²) >= 11 is 0. The van der Waals surface area contributed by atoms with Gasteiger partial charge in [0.15, 0.2) is 0 Å². The molecule has 1 fully saturated rings. The van der Waals surface area contributed by atoms with Crippen molar-refractivity contribution >= 4 is 35.8 Å². The molecule has 0 aliphatic carbocycles. The number of carbonyl (C=O) groups excluding carboxylic acids is 3. The number of hydrogen-bond acceptors (Lipinski definition) is 4. The lowest BCUT2D eigenvalue weighted by Gasteiger charge is -2.17. The number of imide groups is 1. The minimum Gasteiger partial charge on any atom is -0.350 e. The summed E-state index contributed by atoms with van der Waals surface area (Å²) in [6, 6.07) is 10.7. The van der Waals surface area contributed by atoms with Crippen LogP contribution in [-0.2, 0) is 0 Å². The van der Waals surface area contributed by atoms with Gasteiger partial charge in [-0.2, -0.15) is 0 Å². The van der Waals surface area contributed by atoms with Crippen LogP contribution in [0.15, 0.2) is 36.4 Å². The Morgan fingerprint density at radius 3 is 2.59 bits per heavy atom. The van der Waals surface area contributed by atoms with Crippen LogP contribution in [0.25, 0.3) is 0 Å². The van der Waals surface area contributed by atoms with Gasteiger partial charge >= 0.3 is 0 Å². The molecule has 2 N–H and O–H groups in total. The van der Waals surface area contributed by atoms with Crippen molar-refractivity contribution in [2.75, 3.05) is 18.0 Å². The molecule has 152 valence electrons. The summed E-state index contributed by atoms with van der Waals surface area (Å²) in [7, 11) is 0. The summed E-state index contributed by atoms with van der Waals surface area (Å²) < 4.78 is 0. The van der Waals surface area contributed by atoms with Gasteiger partial charge < -0.3 is 10.6 Å². The highest BCUT2D eigenvalue weighted by Gasteiger charge is 2.37. The minimum atomic E-state index is -0.388. The number of anilines is 1. The van der Waals surface area contributed by atoms with Gasteiger partial charge in [0.2, 0.25) is 0 Å². The van der Waals surface area contributed by atoms with E-state index in [2.05, 4.69) is 10.6 Å². The van der Waals surface area contributed by atoms with Gasteiger partial charge in [-0.25, -0.2) is 4.90 Å². The first-order chi connectivity index (χ1) is 13.5. The van der Waals surface area contributed by atoms with E-state index >= 15 is 0 Å². The minimum absolute atomic E-state index is 0. The smallest absolute Gasteiger partial charge is 0.266 e. The van der Waals surface area contributed by atoms with E-state index in [4.69, 9.17) is 0 Å². The van der Waals surface area contributed by atoms with E-state index in [9.17, 15) is 14.4 Å². The van der Waals surface area contributed by atoms with Gasteiger partial charge in [0.1, 0.15) is 0 Å². The molecule has 1 atom stereocenters. The number of fused-ring (bicyclic) bond motifs is 1. The number of nitrogens with zero attached hydrogens (tertiary/aromatic N) is 1. The standard InChI is InChI=1S/C22H23N3O3.ClH/c1-13-5-6-14(2)19(10-13)25-21(27)17-8-7-15(11-18(17)22(25)28)20(26)24-12-16-4-3-9-23-16;/h5-8,10-11,16,23H,3-4,9,12H2,1-2H3,(H,24,26);1H. The molecule has 2 heterocycles. The molecule has 6 nitrogen and oxygen atoms in total. The Morgan fingerprint density at radius 2 is 1.86 bits per heavy atom. The number of halogens is 1. The highest BCUT2D eigenvalue weighted by Crippen LogP contribution is 2.31. The summed E-state index contributed by atoms with van der Waals surface area (Å²) in [5.41, 5.74) is 3.41. The molecule has 3 amide bonds. The van der Waals surface area contributed by atoms with Crippen LogP contribution in [0.3, 0.4) is 0 Å². The normalized spacial score (nSPS) is 17.9. The quantitative estimate of drug-likeness (QED) is 0.755. The lowest BCUT2D eigenvalue weighted by atomic mass is 10.1. The van der Waals surface area contributed by atoms with Crippen LogP contribution >= 0.6 is 12.4 Å². The maximum absolute atomic E-state index is 13.0. The first-order valence-corrected chi connectivity index (χ1v) is 9.57. The first-order valence-electron chi connectivity index (χ1n) is 9.57. The zero-order valence-corrected chi connectivity index (χ0v) is 17.3. The van der Waals surface area contributed by atoms with E-state index in [0.29, 0.717) is 29.4 Å². The number of carbonyl (C=O) groups is 3. The van der Waals surface area contributed by atoms with Crippen LogP contribution in [0.4, 0.5) is 5.69 Å². The number of nitrogens with one attached hydrogen (secondary N) is 2. The molecular formula is C22H24ClN3O3. The molecule has 0 radical (unpaired) electrons. The van der Waals surface area contributed by atoms with Gasteiger partial charge in [0, 0.05) is 18.2 Å². The molecule has 4 rings (SSSR count). The van der Waals surface area contributed by atoms with Crippen LogP contribution in [0.2, 0.25) is 0 Å². The second-order valence-electron chi connectivity index (χ2n) is 7.50. The maximum Gasteiger partial charge on any atom is 0.266 e. The van der Waals surface area contributed by atoms with Crippen LogP contribution in [0.1, 0.15) is 55.0 Å². The van der Waals surface area contributed by atoms with Crippen LogP contribution in [0, 0.1) is 13.8 Å². The average Bonchev–Trinajstić information content (AvgIpc) is 3.29. The highest BCUT2D eigenvalue weighted by molar-refractivity contribution is 6.35. The summed E-state index contributed by atoms with van der Waals surface area (Å²) in [5, 5.41) is 6.24. The van der Waals surface area contributed by atoms with Gasteiger partial charge in [-0.15, -0.1) is 12.4 Å². The Labute approximate surface area is 176 Å². The molecule has 0 saturated carbocycles. The van der Waals surface area contributed by atoms with E-state index in [0.717, 1.165) is 30.5 Å². The van der Waals surface area contributed by atoms with Crippen molar-refractivity contribution in [1.82, 2.24) is 10.6 Å². The molecular weight excluding hydrogens is 390 g/mol. The van der Waals surface area contributed by atoms with E-state index in [1.807, 2.05) is 32.0 Å². The number of aryl methyl sites for hydroxylation is 2. The fourth-order valence-corrected chi connectivity index (χ4v) is 3.81. The maximum atomic E-state index is 13.0. The number of rotatable bonds is 4. The van der Waals surface area contributed by atoms with Crippen molar-refractivity contribution in [1.29, 1.82) is 0 Å². The Morgan fingerprint density at radius 1 is 1.10 bits per heavy atom. The number of amides is 3. The zero-order valence-electron chi connectivity index (χ0n) is 16.5. The Kier molecular flexibility index (Phi) is 6.05. The predicted molar refractivity (Wildman–Crippen MR) is 114 cm³/mol. The third-order valence-electron chi connectivity index (χ3n) is 5.43. The summed E-state index contributed by atoms with van der Waals surface area (Å²) in [4.78, 5) is 39.5. The van der Waals surface area contributed by atoms with Crippen molar-refractivity contribution in [3.05, 3.63) is 64.2 Å². The van der Waals surface area contributed by atoms with Crippen molar-refractivity contribution < 1.29 is 14.4 Å². The molecule has 2 aliphatic heterocycles. The van der Waals surface area contributed by atoms with Gasteiger partial charge in [0.25, 0.3) is 17.7 Å². The second-order valence-corrected chi connectivity index (χ2v) is 7.50. The van der Waals surface area contributed by atoms with Crippen LogP contribution < -0.4 is 15.5 Å². The SMILES string of the molecule is Cc1ccc(C)c(N2C(=O)c3ccc(C(=O)NCC4CCCN4)cc3C2=O)c1.Cl. The number of benzene rings is 2. The fraction of sp³-hybridized carbons (Fsp3) is 0.318. The molecule has 0 aromatic heterocycles. The third kappa shape index (κ3) is 3.91. The Bertz CT molecular complexity index is 983. The molecule has 1 unspecified atom stereocenters. The average molecular weight is 414 g/mol. The fourth-order valence-electron chi connectivity index (χ4n) is 3.81. The van der Waals surface area contributed by atoms with Gasteiger partial charge in [0.05, 0.1) is 16.8 Å². The molecule has 2 aliphatic rings. The van der Waals surface area contributed by atoms with E-state index in [1.54, 1.807) is 12.1 Å². The van der Waals surface area contributed by atoms with Crippen molar-refractivity contribution in [2.45, 2.75) is 32.7 Å². The van der Waals surface area contributed by atoms with Gasteiger partial charge in [-0.3, -0.25) is 14.4 Å². The molecule has 0 spiro atoms. The van der Waals surface area contributed by atoms with Crippen LogP contribution in [-0.4, -0.2) is 36.9 Å². The van der Waals surface area contributed by atoms with E-state index < -0.39 is 0 Å². The largest absolute Gasteiger partial charge is 0.350 e. The van der Waals surface area contributed by atoms with Crippen LogP contribution in [0.5, 0.6) is 0 Å². The molecule has 7 heteroatoms. The molecule has 2 aromatic rings. The van der Waals surface area contributed by atoms with E-state index in [1.165, 1.54) is 11.0 Å². The number of hydrogen-bond donors (Lipinski definition) is 2. The molecule has 2 aromatic carbocycles. The molecule has 1 saturated heterocycles. The third-order valence-corrected chi connectivity index (χ3v) is 5.43. The molecule has 0 bridgehead atoms. The monoisotopic (exact) mass is 413 g/mol. The summed E-state index contributed by atoms with van der Waals surface area (Å²) in [6.45, 7) is 5.32. The Balaban J connectivity index is 0.00000240. The predicted octanol–water partition coefficient (Wildman–Crippen LogP) is 3.01. The first kappa shape index (κ1) is 21.0. The van der Waals surface area contributed by atoms with Crippen molar-refractivity contribution in [2.24, 2.45) is 0 Å². The Hall–Kier alpha value is -2.70. The highest BCUT2D eigenvalue weighted by atomic mass is 35.5. The molecule has 29 heavy (non-hydrogen) atoms. The topological polar surface area (TPSA) is 78.5 Å². The van der Waals surface area contributed by atoms with E-state index in [-0.39, 0.29) is 35.7 Å². The lowest BCUT2D eigenvalue weighted by Crippen LogP contribution is -2.37. The summed E-state index contributed by atoms with van der Waals surface area (Å²) in [6.07, 6.45) is 2.16. The van der Waals surface area contributed by atoms with Gasteiger partial charge in [-0.1, -0.05) is 12.1 Å². The van der Waals surface area contributed by atoms with Crippen molar-refractivity contribution in [3.63, 3.8) is 0 Å². The summed E-state index contributed by atoms with van der Waals surface area (Å²) in [5.74, 6) is -0.974. The zero-order chi connectivity index (χ0) is 19.8. The van der Waals surface area contributed by atoms with Gasteiger partial charge in [-0.05, 0) is 68.6 Å².